The second kappa shape index (κ2) is 6.68. The molecule has 0 amide bonds. The molecule has 1 saturated heterocycles. The first kappa shape index (κ1) is 15.4. The molecule has 2 atom stereocenters. The third-order valence-corrected chi connectivity index (χ3v) is 5.70. The van der Waals surface area contributed by atoms with E-state index in [1.54, 1.807) is 12.1 Å². The molecular weight excluding hydrogens is 277 g/mol. The number of hydrogen-bond donors (Lipinski definition) is 1. The zero-order chi connectivity index (χ0) is 14.6. The normalized spacial score (nSPS) is 22.8. The van der Waals surface area contributed by atoms with Crippen LogP contribution in [-0.2, 0) is 16.3 Å². The SMILES string of the molecule is CCNC(Cc1ccccc1F)CC1CCS(=O)(=O)C1. The Morgan fingerprint density at radius 3 is 2.75 bits per heavy atom. The number of rotatable bonds is 6. The fraction of sp³-hybridized carbons (Fsp3) is 0.600. The van der Waals surface area contributed by atoms with Crippen LogP contribution in [0.4, 0.5) is 4.39 Å². The van der Waals surface area contributed by atoms with Crippen LogP contribution in [0.3, 0.4) is 0 Å². The zero-order valence-electron chi connectivity index (χ0n) is 11.8. The van der Waals surface area contributed by atoms with Crippen LogP contribution >= 0.6 is 0 Å². The van der Waals surface area contributed by atoms with E-state index in [0.29, 0.717) is 17.7 Å². The van der Waals surface area contributed by atoms with Crippen LogP contribution in [0.15, 0.2) is 24.3 Å². The van der Waals surface area contributed by atoms with Gasteiger partial charge in [0.15, 0.2) is 9.84 Å². The lowest BCUT2D eigenvalue weighted by Gasteiger charge is -2.21. The van der Waals surface area contributed by atoms with Gasteiger partial charge in [0, 0.05) is 6.04 Å². The van der Waals surface area contributed by atoms with E-state index in [1.807, 2.05) is 13.0 Å². The molecule has 0 spiro atoms. The quantitative estimate of drug-likeness (QED) is 0.875. The summed E-state index contributed by atoms with van der Waals surface area (Å²) in [6.45, 7) is 2.82. The number of hydrogen-bond acceptors (Lipinski definition) is 3. The molecule has 1 aliphatic rings. The summed E-state index contributed by atoms with van der Waals surface area (Å²) >= 11 is 0. The number of benzene rings is 1. The average molecular weight is 299 g/mol. The Kier molecular flexibility index (Phi) is 5.16. The molecule has 112 valence electrons. The second-order valence-corrected chi connectivity index (χ2v) is 7.78. The molecule has 0 bridgehead atoms. The maximum Gasteiger partial charge on any atom is 0.150 e. The van der Waals surface area contributed by atoms with E-state index in [4.69, 9.17) is 0 Å². The molecule has 1 aromatic carbocycles. The van der Waals surface area contributed by atoms with Crippen LogP contribution in [-0.4, -0.2) is 32.5 Å². The summed E-state index contributed by atoms with van der Waals surface area (Å²) in [6, 6.07) is 6.92. The smallest absolute Gasteiger partial charge is 0.150 e. The maximum absolute atomic E-state index is 13.7. The third-order valence-electron chi connectivity index (χ3n) is 3.86. The van der Waals surface area contributed by atoms with E-state index >= 15 is 0 Å². The Morgan fingerprint density at radius 2 is 2.15 bits per heavy atom. The van der Waals surface area contributed by atoms with Crippen LogP contribution in [0.5, 0.6) is 0 Å². The van der Waals surface area contributed by atoms with Gasteiger partial charge in [-0.1, -0.05) is 25.1 Å². The molecule has 1 N–H and O–H groups in total. The minimum Gasteiger partial charge on any atom is -0.314 e. The standard InChI is InChI=1S/C15H22FNO2S/c1-2-17-14(9-12-7-8-20(18,19)11-12)10-13-5-3-4-6-15(13)16/h3-6,12,14,17H,2,7-11H2,1H3. The Bertz CT molecular complexity index is 545. The highest BCUT2D eigenvalue weighted by Crippen LogP contribution is 2.24. The lowest BCUT2D eigenvalue weighted by molar-refractivity contribution is 0.405. The Morgan fingerprint density at radius 1 is 1.40 bits per heavy atom. The summed E-state index contributed by atoms with van der Waals surface area (Å²) in [7, 11) is -2.84. The number of likely N-dealkylation sites (N-methyl/N-ethyl adjacent to an activating group) is 1. The first-order valence-corrected chi connectivity index (χ1v) is 8.99. The molecule has 0 radical (unpaired) electrons. The van der Waals surface area contributed by atoms with E-state index in [2.05, 4.69) is 5.32 Å². The van der Waals surface area contributed by atoms with Crippen molar-refractivity contribution in [3.8, 4) is 0 Å². The second-order valence-electron chi connectivity index (χ2n) is 5.55. The Hall–Kier alpha value is -0.940. The number of sulfone groups is 1. The van der Waals surface area contributed by atoms with Crippen molar-refractivity contribution in [2.24, 2.45) is 5.92 Å². The predicted molar refractivity (Wildman–Crippen MR) is 78.9 cm³/mol. The molecule has 1 heterocycles. The van der Waals surface area contributed by atoms with Gasteiger partial charge in [0.25, 0.3) is 0 Å². The van der Waals surface area contributed by atoms with Crippen molar-refractivity contribution < 1.29 is 12.8 Å². The van der Waals surface area contributed by atoms with Crippen LogP contribution < -0.4 is 5.32 Å². The van der Waals surface area contributed by atoms with E-state index in [-0.39, 0.29) is 23.5 Å². The molecule has 1 aliphatic heterocycles. The summed E-state index contributed by atoms with van der Waals surface area (Å²) in [5, 5.41) is 3.35. The molecule has 0 saturated carbocycles. The topological polar surface area (TPSA) is 46.2 Å². The number of halogens is 1. The monoisotopic (exact) mass is 299 g/mol. The lowest BCUT2D eigenvalue weighted by atomic mass is 9.94. The number of nitrogens with one attached hydrogen (secondary N) is 1. The molecule has 0 aliphatic carbocycles. The third kappa shape index (κ3) is 4.28. The molecule has 1 aromatic rings. The molecule has 2 unspecified atom stereocenters. The fourth-order valence-electron chi connectivity index (χ4n) is 2.92. The van der Waals surface area contributed by atoms with Crippen molar-refractivity contribution in [3.05, 3.63) is 35.6 Å². The molecule has 1 fully saturated rings. The van der Waals surface area contributed by atoms with Gasteiger partial charge in [-0.05, 0) is 43.4 Å². The van der Waals surface area contributed by atoms with Crippen molar-refractivity contribution in [3.63, 3.8) is 0 Å². The van der Waals surface area contributed by atoms with Gasteiger partial charge in [0.1, 0.15) is 5.82 Å². The van der Waals surface area contributed by atoms with E-state index < -0.39 is 9.84 Å². The fourth-order valence-corrected chi connectivity index (χ4v) is 4.80. The van der Waals surface area contributed by atoms with Crippen LogP contribution in [0, 0.1) is 11.7 Å². The van der Waals surface area contributed by atoms with Crippen LogP contribution in [0.2, 0.25) is 0 Å². The van der Waals surface area contributed by atoms with E-state index in [1.165, 1.54) is 6.07 Å². The maximum atomic E-state index is 13.7. The Balaban J connectivity index is 1.99. The van der Waals surface area contributed by atoms with Gasteiger partial charge in [-0.15, -0.1) is 0 Å². The van der Waals surface area contributed by atoms with Crippen molar-refractivity contribution in [2.45, 2.75) is 32.2 Å². The van der Waals surface area contributed by atoms with Crippen molar-refractivity contribution in [1.29, 1.82) is 0 Å². The first-order chi connectivity index (χ1) is 9.50. The highest BCUT2D eigenvalue weighted by atomic mass is 32.2. The highest BCUT2D eigenvalue weighted by Gasteiger charge is 2.29. The predicted octanol–water partition coefficient (Wildman–Crippen LogP) is 2.17. The summed E-state index contributed by atoms with van der Waals surface area (Å²) in [5.41, 5.74) is 0.694. The average Bonchev–Trinajstić information content (AvgIpc) is 2.72. The van der Waals surface area contributed by atoms with Gasteiger partial charge < -0.3 is 5.32 Å². The van der Waals surface area contributed by atoms with Crippen molar-refractivity contribution in [2.75, 3.05) is 18.1 Å². The summed E-state index contributed by atoms with van der Waals surface area (Å²) < 4.78 is 36.7. The van der Waals surface area contributed by atoms with Gasteiger partial charge >= 0.3 is 0 Å². The largest absolute Gasteiger partial charge is 0.314 e. The molecular formula is C15H22FNO2S. The molecule has 3 nitrogen and oxygen atoms in total. The molecule has 0 aromatic heterocycles. The minimum atomic E-state index is -2.84. The minimum absolute atomic E-state index is 0.134. The van der Waals surface area contributed by atoms with E-state index in [9.17, 15) is 12.8 Å². The summed E-state index contributed by atoms with van der Waals surface area (Å²) in [5.74, 6) is 0.604. The molecule has 2 rings (SSSR count). The van der Waals surface area contributed by atoms with Gasteiger partial charge in [-0.3, -0.25) is 0 Å². The Labute approximate surface area is 120 Å². The highest BCUT2D eigenvalue weighted by molar-refractivity contribution is 7.91. The van der Waals surface area contributed by atoms with Crippen molar-refractivity contribution >= 4 is 9.84 Å². The summed E-state index contributed by atoms with van der Waals surface area (Å²) in [4.78, 5) is 0. The van der Waals surface area contributed by atoms with Gasteiger partial charge in [0.2, 0.25) is 0 Å². The molecule has 5 heteroatoms. The van der Waals surface area contributed by atoms with Gasteiger partial charge in [-0.2, -0.15) is 0 Å². The van der Waals surface area contributed by atoms with Crippen LogP contribution in [0.25, 0.3) is 0 Å². The van der Waals surface area contributed by atoms with Crippen molar-refractivity contribution in [1.82, 2.24) is 5.32 Å². The lowest BCUT2D eigenvalue weighted by Crippen LogP contribution is -2.33. The zero-order valence-corrected chi connectivity index (χ0v) is 12.6. The van der Waals surface area contributed by atoms with E-state index in [0.717, 1.165) is 19.4 Å². The first-order valence-electron chi connectivity index (χ1n) is 7.17. The van der Waals surface area contributed by atoms with Gasteiger partial charge in [0.05, 0.1) is 11.5 Å². The van der Waals surface area contributed by atoms with Crippen LogP contribution in [0.1, 0.15) is 25.3 Å². The molecule has 20 heavy (non-hydrogen) atoms. The summed E-state index contributed by atoms with van der Waals surface area (Å²) in [6.07, 6.45) is 2.14. The van der Waals surface area contributed by atoms with Gasteiger partial charge in [-0.25, -0.2) is 12.8 Å².